The highest BCUT2D eigenvalue weighted by molar-refractivity contribution is 4.43. The largest absolute Gasteiger partial charge is 0.520 e. The van der Waals surface area contributed by atoms with Gasteiger partial charge in [0.1, 0.15) is 0 Å². The van der Waals surface area contributed by atoms with Gasteiger partial charge in [0.25, 0.3) is 0 Å². The van der Waals surface area contributed by atoms with Crippen LogP contribution in [0.5, 0.6) is 0 Å². The van der Waals surface area contributed by atoms with Crippen LogP contribution in [0.25, 0.3) is 0 Å². The van der Waals surface area contributed by atoms with Gasteiger partial charge in [0.15, 0.2) is 0 Å². The van der Waals surface area contributed by atoms with E-state index in [0.717, 1.165) is 0 Å². The van der Waals surface area contributed by atoms with Crippen LogP contribution in [0.15, 0.2) is 0 Å². The van der Waals surface area contributed by atoms with Crippen LogP contribution in [-0.4, -0.2) is 6.16 Å². The molecule has 2 aliphatic heterocycles. The normalized spacial score (nSPS) is 38.4. The minimum Gasteiger partial charge on any atom is -0.130 e. The molecule has 0 atom stereocenters. The summed E-state index contributed by atoms with van der Waals surface area (Å²) in [4.78, 5) is 16.2. The average Bonchev–Trinajstić information content (AvgIpc) is 2.17. The molecule has 28 valence electrons. The van der Waals surface area contributed by atoms with Crippen LogP contribution in [0.1, 0.15) is 0 Å². The van der Waals surface area contributed by atoms with Crippen molar-refractivity contribution in [3.05, 3.63) is 0 Å². The standard InChI is InChI=1S/CO4/c2-1(3-2)4-5-1. The molecule has 0 aromatic rings. The molecular weight excluding hydrogens is 76.0 g/mol. The van der Waals surface area contributed by atoms with Gasteiger partial charge >= 0.3 is 6.16 Å². The molecule has 2 heterocycles. The summed E-state index contributed by atoms with van der Waals surface area (Å²) in [5.41, 5.74) is 0. The van der Waals surface area contributed by atoms with Crippen LogP contribution in [-0.2, 0) is 19.6 Å². The first kappa shape index (κ1) is 2.09. The summed E-state index contributed by atoms with van der Waals surface area (Å²) >= 11 is 0. The zero-order valence-electron chi connectivity index (χ0n) is 2.13. The smallest absolute Gasteiger partial charge is 0.130 e. The lowest BCUT2D eigenvalue weighted by molar-refractivity contribution is 0.0850. The highest BCUT2D eigenvalue weighted by atomic mass is 17.7. The molecule has 5 heavy (non-hydrogen) atoms. The second-order valence-electron chi connectivity index (χ2n) is 0.833. The summed E-state index contributed by atoms with van der Waals surface area (Å²) in [5, 5.41) is 0. The van der Waals surface area contributed by atoms with Gasteiger partial charge < -0.3 is 0 Å². The fourth-order valence-electron chi connectivity index (χ4n) is 0.124. The van der Waals surface area contributed by atoms with Crippen LogP contribution in [0.2, 0.25) is 0 Å². The number of hydrogen-bond donors (Lipinski definition) is 0. The van der Waals surface area contributed by atoms with Crippen molar-refractivity contribution in [3.8, 4) is 0 Å². The van der Waals surface area contributed by atoms with Crippen molar-refractivity contribution in [3.63, 3.8) is 0 Å². The summed E-state index contributed by atoms with van der Waals surface area (Å²) in [6.07, 6.45) is -1.00. The Kier molecular flexibility index (Phi) is 0.134. The molecule has 1 spiro atoms. The quantitative estimate of drug-likeness (QED) is 0.289. The Balaban J connectivity index is 2.30. The monoisotopic (exact) mass is 76.0 g/mol. The molecule has 0 aliphatic carbocycles. The number of hydrogen-bond acceptors (Lipinski definition) is 4. The summed E-state index contributed by atoms with van der Waals surface area (Å²) in [6.45, 7) is 0. The molecular formula is CO4. The van der Waals surface area contributed by atoms with Crippen molar-refractivity contribution in [2.45, 2.75) is 6.16 Å². The Morgan fingerprint density at radius 2 is 1.20 bits per heavy atom. The molecule has 0 unspecified atom stereocenters. The Morgan fingerprint density at radius 1 is 0.800 bits per heavy atom. The maximum atomic E-state index is 4.06. The van der Waals surface area contributed by atoms with Gasteiger partial charge in [0, 0.05) is 0 Å². The zero-order valence-corrected chi connectivity index (χ0v) is 2.13. The lowest BCUT2D eigenvalue weighted by atomic mass is 11.3. The van der Waals surface area contributed by atoms with Crippen LogP contribution in [0.3, 0.4) is 0 Å². The molecule has 2 saturated heterocycles. The van der Waals surface area contributed by atoms with Crippen molar-refractivity contribution in [2.24, 2.45) is 0 Å². The summed E-state index contributed by atoms with van der Waals surface area (Å²) < 4.78 is 0. The second kappa shape index (κ2) is 0.320. The van der Waals surface area contributed by atoms with Gasteiger partial charge in [-0.3, -0.25) is 0 Å². The fourth-order valence-corrected chi connectivity index (χ4v) is 0.124. The first-order chi connectivity index (χ1) is 2.41. The van der Waals surface area contributed by atoms with Gasteiger partial charge in [-0.25, -0.2) is 0 Å². The molecule has 4 heteroatoms. The molecule has 2 fully saturated rings. The zero-order chi connectivity index (χ0) is 3.33. The lowest BCUT2D eigenvalue weighted by Gasteiger charge is -1.31. The van der Waals surface area contributed by atoms with E-state index in [0.29, 0.717) is 0 Å². The summed E-state index contributed by atoms with van der Waals surface area (Å²) in [6, 6.07) is 0. The Labute approximate surface area is 27.0 Å². The molecule has 0 aromatic carbocycles. The molecule has 2 rings (SSSR count). The van der Waals surface area contributed by atoms with E-state index in [1.807, 2.05) is 0 Å². The van der Waals surface area contributed by atoms with E-state index >= 15 is 0 Å². The summed E-state index contributed by atoms with van der Waals surface area (Å²) in [5.74, 6) is 0. The second-order valence-corrected chi connectivity index (χ2v) is 0.833. The minimum absolute atomic E-state index is 1.00. The van der Waals surface area contributed by atoms with E-state index in [4.69, 9.17) is 0 Å². The maximum absolute atomic E-state index is 4.06. The molecule has 4 nitrogen and oxygen atoms in total. The van der Waals surface area contributed by atoms with E-state index in [-0.39, 0.29) is 0 Å². The highest BCUT2D eigenvalue weighted by Gasteiger charge is 2.70. The Morgan fingerprint density at radius 3 is 1.20 bits per heavy atom. The maximum Gasteiger partial charge on any atom is 0.520 e. The van der Waals surface area contributed by atoms with Crippen LogP contribution >= 0.6 is 0 Å². The summed E-state index contributed by atoms with van der Waals surface area (Å²) in [7, 11) is 0. The Hall–Kier alpha value is -0.160. The van der Waals surface area contributed by atoms with Gasteiger partial charge in [-0.1, -0.05) is 0 Å². The molecule has 0 bridgehead atoms. The van der Waals surface area contributed by atoms with Gasteiger partial charge in [-0.05, 0) is 0 Å². The third kappa shape index (κ3) is 0.134. The molecule has 0 aromatic heterocycles. The SMILES string of the molecule is O1OC12OO2. The van der Waals surface area contributed by atoms with Crippen LogP contribution < -0.4 is 0 Å². The van der Waals surface area contributed by atoms with Crippen LogP contribution in [0, 0.1) is 0 Å². The molecule has 2 aliphatic rings. The minimum atomic E-state index is -1.00. The first-order valence-corrected chi connectivity index (χ1v) is 1.15. The predicted octanol–water partition coefficient (Wildman–Crippen LogP) is -0.479. The van der Waals surface area contributed by atoms with E-state index < -0.39 is 6.16 Å². The molecule has 0 saturated carbocycles. The van der Waals surface area contributed by atoms with Gasteiger partial charge in [0.2, 0.25) is 0 Å². The van der Waals surface area contributed by atoms with Crippen molar-refractivity contribution in [1.82, 2.24) is 0 Å². The third-order valence-corrected chi connectivity index (χ3v) is 0.439. The Bertz CT molecular complexity index is 46.5. The molecule has 0 amide bonds. The van der Waals surface area contributed by atoms with Crippen molar-refractivity contribution in [2.75, 3.05) is 0 Å². The average molecular weight is 76.0 g/mol. The predicted molar refractivity (Wildman–Crippen MR) is 7.07 cm³/mol. The van der Waals surface area contributed by atoms with E-state index in [2.05, 4.69) is 19.6 Å². The van der Waals surface area contributed by atoms with Crippen molar-refractivity contribution < 1.29 is 19.6 Å². The van der Waals surface area contributed by atoms with Crippen molar-refractivity contribution >= 4 is 0 Å². The lowest BCUT2D eigenvalue weighted by Crippen LogP contribution is -1.72. The van der Waals surface area contributed by atoms with Gasteiger partial charge in [-0.2, -0.15) is 0 Å². The highest BCUT2D eigenvalue weighted by Crippen LogP contribution is 2.44. The van der Waals surface area contributed by atoms with Gasteiger partial charge in [0.05, 0.1) is 0 Å². The molecule has 0 N–H and O–H groups in total. The van der Waals surface area contributed by atoms with Crippen molar-refractivity contribution in [1.29, 1.82) is 0 Å². The number of rotatable bonds is 0. The first-order valence-electron chi connectivity index (χ1n) is 1.15. The van der Waals surface area contributed by atoms with E-state index in [1.165, 1.54) is 0 Å². The van der Waals surface area contributed by atoms with Crippen LogP contribution in [0.4, 0.5) is 0 Å². The third-order valence-electron chi connectivity index (χ3n) is 0.439. The van der Waals surface area contributed by atoms with Gasteiger partial charge in [-0.15, -0.1) is 19.6 Å². The van der Waals surface area contributed by atoms with E-state index in [9.17, 15) is 0 Å². The molecule has 0 radical (unpaired) electrons. The topological polar surface area (TPSA) is 50.1 Å². The fraction of sp³-hybridized carbons (Fsp3) is 1.00. The van der Waals surface area contributed by atoms with E-state index in [1.54, 1.807) is 0 Å².